The lowest BCUT2D eigenvalue weighted by Crippen LogP contribution is -2.49. The maximum atomic E-state index is 11.9. The highest BCUT2D eigenvalue weighted by Crippen LogP contribution is 2.08. The van der Waals surface area contributed by atoms with Gasteiger partial charge in [0.2, 0.25) is 5.91 Å². The summed E-state index contributed by atoms with van der Waals surface area (Å²) < 4.78 is 1.76. The first kappa shape index (κ1) is 17.2. The maximum absolute atomic E-state index is 11.9. The molecule has 0 bridgehead atoms. The van der Waals surface area contributed by atoms with Gasteiger partial charge in [0.25, 0.3) is 0 Å². The number of halogens is 1. The molecule has 1 aromatic carbocycles. The topological polar surface area (TPSA) is 72.9 Å². The van der Waals surface area contributed by atoms with E-state index in [9.17, 15) is 4.79 Å². The molecule has 21 heavy (non-hydrogen) atoms. The van der Waals surface area contributed by atoms with Crippen LogP contribution in [0.2, 0.25) is 0 Å². The second-order valence-corrected chi connectivity index (χ2v) is 5.44. The Morgan fingerprint density at radius 1 is 1.33 bits per heavy atom. The molecule has 0 aliphatic carbocycles. The van der Waals surface area contributed by atoms with Crippen LogP contribution in [-0.4, -0.2) is 27.8 Å². The van der Waals surface area contributed by atoms with Crippen LogP contribution in [0.5, 0.6) is 0 Å². The summed E-state index contributed by atoms with van der Waals surface area (Å²) in [4.78, 5) is 11.9. The van der Waals surface area contributed by atoms with Gasteiger partial charge in [0.1, 0.15) is 0 Å². The normalized spacial score (nSPS) is 10.8. The minimum absolute atomic E-state index is 0. The smallest absolute Gasteiger partial charge is 0.224 e. The van der Waals surface area contributed by atoms with Gasteiger partial charge in [-0.15, -0.1) is 12.4 Å². The zero-order valence-electron chi connectivity index (χ0n) is 12.2. The van der Waals surface area contributed by atoms with E-state index in [1.165, 1.54) is 0 Å². The third-order valence-electron chi connectivity index (χ3n) is 3.01. The van der Waals surface area contributed by atoms with Crippen LogP contribution in [0.1, 0.15) is 19.4 Å². The van der Waals surface area contributed by atoms with Gasteiger partial charge in [-0.2, -0.15) is 5.10 Å². The Labute approximate surface area is 130 Å². The molecule has 0 saturated carbocycles. The monoisotopic (exact) mass is 308 g/mol. The molecule has 1 heterocycles. The highest BCUT2D eigenvalue weighted by Gasteiger charge is 2.18. The molecule has 0 aliphatic heterocycles. The van der Waals surface area contributed by atoms with Crippen LogP contribution in [0.4, 0.5) is 0 Å². The summed E-state index contributed by atoms with van der Waals surface area (Å²) in [7, 11) is 0. The number of nitrogens with two attached hydrogens (primary N) is 1. The Morgan fingerprint density at radius 3 is 2.62 bits per heavy atom. The number of benzene rings is 1. The van der Waals surface area contributed by atoms with Crippen LogP contribution in [-0.2, 0) is 11.2 Å². The van der Waals surface area contributed by atoms with E-state index in [1.54, 1.807) is 10.9 Å². The molecule has 1 aromatic heterocycles. The standard InChI is InChI=1S/C15H20N4O.ClH/c1-15(2,11-16)18-14(20)8-12-9-17-19(10-12)13-6-4-3-5-7-13;/h3-7,9-10H,8,11,16H2,1-2H3,(H,18,20);1H. The summed E-state index contributed by atoms with van der Waals surface area (Å²) >= 11 is 0. The van der Waals surface area contributed by atoms with E-state index in [2.05, 4.69) is 10.4 Å². The zero-order chi connectivity index (χ0) is 14.6. The van der Waals surface area contributed by atoms with E-state index in [0.29, 0.717) is 13.0 Å². The molecular formula is C15H21ClN4O. The van der Waals surface area contributed by atoms with Gasteiger partial charge < -0.3 is 11.1 Å². The number of nitrogens with one attached hydrogen (secondary N) is 1. The van der Waals surface area contributed by atoms with Crippen LogP contribution in [0.25, 0.3) is 5.69 Å². The molecule has 0 saturated heterocycles. The van der Waals surface area contributed by atoms with Crippen molar-refractivity contribution in [3.63, 3.8) is 0 Å². The van der Waals surface area contributed by atoms with Crippen LogP contribution in [0, 0.1) is 0 Å². The molecule has 3 N–H and O–H groups in total. The van der Waals surface area contributed by atoms with Gasteiger partial charge >= 0.3 is 0 Å². The van der Waals surface area contributed by atoms with Gasteiger partial charge in [-0.25, -0.2) is 4.68 Å². The average Bonchev–Trinajstić information content (AvgIpc) is 2.87. The molecule has 114 valence electrons. The first-order valence-corrected chi connectivity index (χ1v) is 6.60. The second kappa shape index (κ2) is 7.24. The first-order valence-electron chi connectivity index (χ1n) is 6.60. The molecule has 0 atom stereocenters. The van der Waals surface area contributed by atoms with E-state index in [1.807, 2.05) is 50.4 Å². The predicted molar refractivity (Wildman–Crippen MR) is 85.8 cm³/mol. The molecule has 0 fully saturated rings. The van der Waals surface area contributed by atoms with Gasteiger partial charge in [0, 0.05) is 18.3 Å². The van der Waals surface area contributed by atoms with Gasteiger partial charge in [-0.1, -0.05) is 18.2 Å². The first-order chi connectivity index (χ1) is 9.50. The molecule has 2 aromatic rings. The number of carbonyl (C=O) groups is 1. The predicted octanol–water partition coefficient (Wildman–Crippen LogP) is 1.69. The number of amides is 1. The van der Waals surface area contributed by atoms with Crippen molar-refractivity contribution in [1.29, 1.82) is 0 Å². The quantitative estimate of drug-likeness (QED) is 0.883. The molecular weight excluding hydrogens is 288 g/mol. The molecule has 0 unspecified atom stereocenters. The Balaban J connectivity index is 0.00000220. The van der Waals surface area contributed by atoms with Crippen molar-refractivity contribution in [2.45, 2.75) is 25.8 Å². The van der Waals surface area contributed by atoms with Crippen molar-refractivity contribution in [3.05, 3.63) is 48.3 Å². The lowest BCUT2D eigenvalue weighted by molar-refractivity contribution is -0.121. The Bertz CT molecular complexity index is 580. The summed E-state index contributed by atoms with van der Waals surface area (Å²) in [5, 5.41) is 7.17. The Hall–Kier alpha value is -1.85. The fourth-order valence-corrected chi connectivity index (χ4v) is 1.83. The minimum Gasteiger partial charge on any atom is -0.350 e. The number of para-hydroxylation sites is 1. The van der Waals surface area contributed by atoms with Crippen LogP contribution in [0.15, 0.2) is 42.7 Å². The van der Waals surface area contributed by atoms with Crippen molar-refractivity contribution in [1.82, 2.24) is 15.1 Å². The molecule has 1 amide bonds. The van der Waals surface area contributed by atoms with E-state index < -0.39 is 0 Å². The number of nitrogens with zero attached hydrogens (tertiary/aromatic N) is 2. The summed E-state index contributed by atoms with van der Waals surface area (Å²) in [6.07, 6.45) is 3.88. The van der Waals surface area contributed by atoms with Crippen molar-refractivity contribution in [2.24, 2.45) is 5.73 Å². The van der Waals surface area contributed by atoms with Crippen molar-refractivity contribution in [3.8, 4) is 5.69 Å². The van der Waals surface area contributed by atoms with Crippen molar-refractivity contribution in [2.75, 3.05) is 6.54 Å². The van der Waals surface area contributed by atoms with Crippen LogP contribution in [0.3, 0.4) is 0 Å². The SMILES string of the molecule is CC(C)(CN)NC(=O)Cc1cnn(-c2ccccc2)c1.Cl. The summed E-state index contributed by atoms with van der Waals surface area (Å²) in [6, 6.07) is 9.79. The molecule has 2 rings (SSSR count). The molecule has 0 spiro atoms. The fraction of sp³-hybridized carbons (Fsp3) is 0.333. The number of aromatic nitrogens is 2. The van der Waals surface area contributed by atoms with Gasteiger partial charge in [0.15, 0.2) is 0 Å². The van der Waals surface area contributed by atoms with Crippen LogP contribution >= 0.6 is 12.4 Å². The molecule has 0 aliphatic rings. The van der Waals surface area contributed by atoms with E-state index in [4.69, 9.17) is 5.73 Å². The van der Waals surface area contributed by atoms with E-state index in [0.717, 1.165) is 11.3 Å². The van der Waals surface area contributed by atoms with Gasteiger partial charge in [-0.05, 0) is 31.5 Å². The van der Waals surface area contributed by atoms with Gasteiger partial charge in [0.05, 0.1) is 18.3 Å². The van der Waals surface area contributed by atoms with Crippen molar-refractivity contribution < 1.29 is 4.79 Å². The van der Waals surface area contributed by atoms with Gasteiger partial charge in [-0.3, -0.25) is 4.79 Å². The van der Waals surface area contributed by atoms with E-state index in [-0.39, 0.29) is 23.9 Å². The number of hydrogen-bond donors (Lipinski definition) is 2. The molecule has 6 heteroatoms. The molecule has 5 nitrogen and oxygen atoms in total. The number of rotatable bonds is 5. The van der Waals surface area contributed by atoms with Crippen LogP contribution < -0.4 is 11.1 Å². The Kier molecular flexibility index (Phi) is 5.93. The van der Waals surface area contributed by atoms with Crippen molar-refractivity contribution >= 4 is 18.3 Å². The second-order valence-electron chi connectivity index (χ2n) is 5.44. The Morgan fingerprint density at radius 2 is 2.00 bits per heavy atom. The average molecular weight is 309 g/mol. The number of carbonyl (C=O) groups excluding carboxylic acids is 1. The molecule has 0 radical (unpaired) electrons. The third kappa shape index (κ3) is 4.88. The maximum Gasteiger partial charge on any atom is 0.224 e. The zero-order valence-corrected chi connectivity index (χ0v) is 13.1. The lowest BCUT2D eigenvalue weighted by atomic mass is 10.1. The summed E-state index contributed by atoms with van der Waals surface area (Å²) in [6.45, 7) is 4.21. The number of hydrogen-bond acceptors (Lipinski definition) is 3. The minimum atomic E-state index is -0.382. The highest BCUT2D eigenvalue weighted by atomic mass is 35.5. The third-order valence-corrected chi connectivity index (χ3v) is 3.01. The highest BCUT2D eigenvalue weighted by molar-refractivity contribution is 5.85. The fourth-order valence-electron chi connectivity index (χ4n) is 1.83. The summed E-state index contributed by atoms with van der Waals surface area (Å²) in [5.41, 5.74) is 7.06. The lowest BCUT2D eigenvalue weighted by Gasteiger charge is -2.23. The summed E-state index contributed by atoms with van der Waals surface area (Å²) in [5.74, 6) is -0.0481. The van der Waals surface area contributed by atoms with E-state index >= 15 is 0 Å². The largest absolute Gasteiger partial charge is 0.350 e.